The number of nitrogens with zero attached hydrogens (tertiary/aromatic N) is 1. The maximum atomic E-state index is 13.2. The summed E-state index contributed by atoms with van der Waals surface area (Å²) in [6.45, 7) is 3.88. The van der Waals surface area contributed by atoms with Gasteiger partial charge in [0.1, 0.15) is 11.4 Å². The molecule has 0 aliphatic rings. The second-order valence-corrected chi connectivity index (χ2v) is 8.13. The Kier molecular flexibility index (Phi) is 4.82. The van der Waals surface area contributed by atoms with Crippen molar-refractivity contribution in [2.75, 3.05) is 21.3 Å². The summed E-state index contributed by atoms with van der Waals surface area (Å²) in [6.07, 6.45) is 0. The van der Waals surface area contributed by atoms with Gasteiger partial charge in [-0.25, -0.2) is 0 Å². The van der Waals surface area contributed by atoms with E-state index in [0.29, 0.717) is 50.3 Å². The molecule has 3 aromatic heterocycles. The maximum Gasteiger partial charge on any atom is 0.274 e. The van der Waals surface area contributed by atoms with Crippen LogP contribution >= 0.6 is 0 Å². The molecule has 0 spiro atoms. The molecule has 0 aliphatic carbocycles. The van der Waals surface area contributed by atoms with Gasteiger partial charge in [-0.3, -0.25) is 19.4 Å². The lowest BCUT2D eigenvalue weighted by atomic mass is 10.00. The van der Waals surface area contributed by atoms with Crippen LogP contribution in [0.3, 0.4) is 0 Å². The Morgan fingerprint density at radius 1 is 0.971 bits per heavy atom. The fraction of sp³-hybridized carbons (Fsp3) is 0.250. The van der Waals surface area contributed by atoms with Crippen molar-refractivity contribution in [2.24, 2.45) is 0 Å². The van der Waals surface area contributed by atoms with Gasteiger partial charge in [0.05, 0.1) is 32.2 Å². The lowest BCUT2D eigenvalue weighted by molar-refractivity contribution is 0.349. The molecule has 0 atom stereocenters. The summed E-state index contributed by atoms with van der Waals surface area (Å²) in [4.78, 5) is 28.6. The predicted molar refractivity (Wildman–Crippen MR) is 128 cm³/mol. The summed E-state index contributed by atoms with van der Waals surface area (Å²) in [7, 11) is 4.53. The number of phenols is 1. The molecule has 5 aromatic rings. The van der Waals surface area contributed by atoms with Gasteiger partial charge in [0.2, 0.25) is 11.2 Å². The molecule has 176 valence electrons. The van der Waals surface area contributed by atoms with E-state index in [4.69, 9.17) is 18.6 Å². The van der Waals surface area contributed by atoms with Crippen LogP contribution in [0.1, 0.15) is 19.9 Å². The van der Waals surface area contributed by atoms with Crippen LogP contribution in [0.2, 0.25) is 0 Å². The van der Waals surface area contributed by atoms with E-state index in [1.165, 1.54) is 27.4 Å². The Bertz CT molecular complexity index is 1700. The van der Waals surface area contributed by atoms with E-state index in [9.17, 15) is 14.7 Å². The van der Waals surface area contributed by atoms with Crippen LogP contribution in [-0.4, -0.2) is 41.2 Å². The minimum absolute atomic E-state index is 0.0274. The third-order valence-electron chi connectivity index (χ3n) is 5.93. The Morgan fingerprint density at radius 2 is 1.65 bits per heavy atom. The number of nitrogens with one attached hydrogen (secondary N) is 2. The maximum absolute atomic E-state index is 13.2. The van der Waals surface area contributed by atoms with Gasteiger partial charge in [0.15, 0.2) is 22.7 Å². The summed E-state index contributed by atoms with van der Waals surface area (Å²) >= 11 is 0. The normalized spacial score (nSPS) is 11.7. The Labute approximate surface area is 192 Å². The monoisotopic (exact) mass is 465 g/mol. The first-order chi connectivity index (χ1) is 16.3. The average Bonchev–Trinajstić information content (AvgIpc) is 3.37. The molecule has 0 unspecified atom stereocenters. The van der Waals surface area contributed by atoms with Gasteiger partial charge in [-0.05, 0) is 32.0 Å². The first-order valence-corrected chi connectivity index (χ1v) is 10.6. The summed E-state index contributed by atoms with van der Waals surface area (Å²) < 4.78 is 24.3. The lowest BCUT2D eigenvalue weighted by Gasteiger charge is -2.15. The van der Waals surface area contributed by atoms with Crippen LogP contribution in [0.25, 0.3) is 44.2 Å². The van der Waals surface area contributed by atoms with Gasteiger partial charge in [-0.1, -0.05) is 0 Å². The first-order valence-electron chi connectivity index (χ1n) is 10.6. The number of aromatic hydroxyl groups is 1. The molecule has 0 radical (unpaired) electrons. The minimum Gasteiger partial charge on any atom is -0.502 e. The Hall–Kier alpha value is -4.34. The van der Waals surface area contributed by atoms with Crippen LogP contribution in [-0.2, 0) is 0 Å². The van der Waals surface area contributed by atoms with E-state index in [1.54, 1.807) is 22.9 Å². The van der Waals surface area contributed by atoms with Crippen molar-refractivity contribution >= 4 is 33.1 Å². The highest BCUT2D eigenvalue weighted by molar-refractivity contribution is 6.15. The molecule has 2 aromatic carbocycles. The number of aromatic nitrogens is 3. The highest BCUT2D eigenvalue weighted by Gasteiger charge is 2.26. The van der Waals surface area contributed by atoms with Crippen LogP contribution in [0.5, 0.6) is 23.0 Å². The molecule has 5 rings (SSSR count). The summed E-state index contributed by atoms with van der Waals surface area (Å²) in [6, 6.07) is 6.13. The number of hydrogen-bond acceptors (Lipinski definition) is 7. The van der Waals surface area contributed by atoms with E-state index in [0.717, 1.165) is 0 Å². The molecule has 0 saturated heterocycles. The number of hydrogen-bond donors (Lipinski definition) is 3. The molecule has 10 nitrogen and oxygen atoms in total. The topological polar surface area (TPSA) is 132 Å². The fourth-order valence-corrected chi connectivity index (χ4v) is 4.33. The SMILES string of the molecule is COc1cc(OC)c(-c2c3oc4c(O)c(=O)ccc4c3[nH]c3c2c(=O)[nH]n3C(C)C)cc1OC. The number of benzene rings is 2. The van der Waals surface area contributed by atoms with Gasteiger partial charge in [0, 0.05) is 28.6 Å². The van der Waals surface area contributed by atoms with E-state index >= 15 is 0 Å². The summed E-state index contributed by atoms with van der Waals surface area (Å²) in [5.41, 5.74) is 1.36. The van der Waals surface area contributed by atoms with Crippen LogP contribution < -0.4 is 25.2 Å². The zero-order valence-corrected chi connectivity index (χ0v) is 19.2. The van der Waals surface area contributed by atoms with Crippen molar-refractivity contribution in [1.82, 2.24) is 14.8 Å². The fourth-order valence-electron chi connectivity index (χ4n) is 4.33. The molecule has 3 N–H and O–H groups in total. The highest BCUT2D eigenvalue weighted by Crippen LogP contribution is 2.46. The number of aromatic amines is 2. The minimum atomic E-state index is -0.564. The number of furan rings is 1. The second kappa shape index (κ2) is 7.62. The molecule has 0 aliphatic heterocycles. The third kappa shape index (κ3) is 2.88. The van der Waals surface area contributed by atoms with Gasteiger partial charge in [-0.15, -0.1) is 0 Å². The molecule has 0 saturated carbocycles. The van der Waals surface area contributed by atoms with E-state index in [1.807, 2.05) is 13.8 Å². The summed E-state index contributed by atoms with van der Waals surface area (Å²) in [5.74, 6) is 0.785. The summed E-state index contributed by atoms with van der Waals surface area (Å²) in [5, 5.41) is 14.1. The average molecular weight is 465 g/mol. The molecular weight excluding hydrogens is 442 g/mol. The first kappa shape index (κ1) is 21.5. The molecule has 0 bridgehead atoms. The standard InChI is InChI=1S/C24H23N3O7/c1-10(2)27-23-18(24(30)26-27)17(12-8-15(32-4)16(33-5)9-14(12)31-3)22-19(25-23)11-6-7-13(28)20(29)21(11)34-22/h6-10,25,29H,1-5H3,(H,26,30). The van der Waals surface area contributed by atoms with Crippen molar-refractivity contribution in [3.05, 3.63) is 44.8 Å². The number of pyridine rings is 1. The van der Waals surface area contributed by atoms with Crippen molar-refractivity contribution in [1.29, 1.82) is 0 Å². The molecule has 3 heterocycles. The number of phenolic OH excluding ortho intramolecular Hbond substituents is 1. The quantitative estimate of drug-likeness (QED) is 0.359. The van der Waals surface area contributed by atoms with Gasteiger partial charge in [0.25, 0.3) is 5.56 Å². The zero-order valence-electron chi connectivity index (χ0n) is 19.2. The lowest BCUT2D eigenvalue weighted by Crippen LogP contribution is -2.07. The van der Waals surface area contributed by atoms with Crippen molar-refractivity contribution in [3.8, 4) is 34.1 Å². The van der Waals surface area contributed by atoms with Crippen LogP contribution in [0, 0.1) is 0 Å². The van der Waals surface area contributed by atoms with Crippen molar-refractivity contribution in [3.63, 3.8) is 0 Å². The number of rotatable bonds is 5. The van der Waals surface area contributed by atoms with Crippen LogP contribution in [0.4, 0.5) is 0 Å². The van der Waals surface area contributed by atoms with Crippen LogP contribution in [0.15, 0.2) is 38.3 Å². The van der Waals surface area contributed by atoms with E-state index < -0.39 is 11.2 Å². The Balaban J connectivity index is 2.06. The molecular formula is C24H23N3O7. The molecule has 10 heteroatoms. The van der Waals surface area contributed by atoms with E-state index in [2.05, 4.69) is 10.1 Å². The smallest absolute Gasteiger partial charge is 0.274 e. The van der Waals surface area contributed by atoms with Crippen molar-refractivity contribution in [2.45, 2.75) is 19.9 Å². The zero-order chi connectivity index (χ0) is 24.3. The molecule has 0 fully saturated rings. The van der Waals surface area contributed by atoms with Gasteiger partial charge in [-0.2, -0.15) is 0 Å². The molecule has 34 heavy (non-hydrogen) atoms. The van der Waals surface area contributed by atoms with E-state index in [-0.39, 0.29) is 22.8 Å². The Morgan fingerprint density at radius 3 is 2.29 bits per heavy atom. The van der Waals surface area contributed by atoms with Crippen molar-refractivity contribution < 1.29 is 23.7 Å². The number of fused-ring (bicyclic) bond motifs is 4. The highest BCUT2D eigenvalue weighted by atomic mass is 16.5. The predicted octanol–water partition coefficient (Wildman–Crippen LogP) is 3.90. The van der Waals surface area contributed by atoms with Gasteiger partial charge < -0.3 is 28.7 Å². The number of methoxy groups -OCH3 is 3. The molecule has 0 amide bonds. The third-order valence-corrected chi connectivity index (χ3v) is 5.93. The number of ether oxygens (including phenoxy) is 3. The largest absolute Gasteiger partial charge is 0.502 e. The number of H-pyrrole nitrogens is 2. The second-order valence-electron chi connectivity index (χ2n) is 8.13. The van der Waals surface area contributed by atoms with Gasteiger partial charge >= 0.3 is 0 Å².